The molecule has 0 fully saturated rings. The molecule has 0 N–H and O–H groups in total. The smallest absolute Gasteiger partial charge is 0.258 e. The summed E-state index contributed by atoms with van der Waals surface area (Å²) in [4.78, 5) is 14.4. The molecular formula is C10H7BrN2O2S. The highest BCUT2D eigenvalue weighted by atomic mass is 79.9. The van der Waals surface area contributed by atoms with E-state index in [1.165, 1.54) is 12.1 Å². The molecule has 0 saturated heterocycles. The number of aryl methyl sites for hydroxylation is 1. The SMILES string of the molecule is Cc1nc(-c2ccc([N+](=O)[O-])cc2)c(Br)s1. The molecule has 0 amide bonds. The van der Waals surface area contributed by atoms with Crippen molar-refractivity contribution in [2.45, 2.75) is 6.92 Å². The van der Waals surface area contributed by atoms with E-state index in [0.29, 0.717) is 0 Å². The van der Waals surface area contributed by atoms with Crippen molar-refractivity contribution in [2.75, 3.05) is 0 Å². The molecule has 0 saturated carbocycles. The van der Waals surface area contributed by atoms with Gasteiger partial charge in [-0.05, 0) is 35.0 Å². The van der Waals surface area contributed by atoms with E-state index >= 15 is 0 Å². The van der Waals surface area contributed by atoms with E-state index in [9.17, 15) is 10.1 Å². The molecule has 0 aliphatic rings. The van der Waals surface area contributed by atoms with Crippen molar-refractivity contribution in [1.29, 1.82) is 0 Å². The Balaban J connectivity index is 2.42. The van der Waals surface area contributed by atoms with Crippen LogP contribution in [0.3, 0.4) is 0 Å². The van der Waals surface area contributed by atoms with E-state index in [1.807, 2.05) is 6.92 Å². The number of non-ortho nitro benzene ring substituents is 1. The fourth-order valence-electron chi connectivity index (χ4n) is 1.32. The summed E-state index contributed by atoms with van der Waals surface area (Å²) >= 11 is 4.97. The van der Waals surface area contributed by atoms with Gasteiger partial charge in [-0.25, -0.2) is 4.98 Å². The third-order valence-corrected chi connectivity index (χ3v) is 3.66. The molecule has 2 aromatic rings. The number of aromatic nitrogens is 1. The predicted octanol–water partition coefficient (Wildman–Crippen LogP) is 3.79. The highest BCUT2D eigenvalue weighted by Gasteiger charge is 2.10. The summed E-state index contributed by atoms with van der Waals surface area (Å²) in [6, 6.07) is 6.38. The van der Waals surface area contributed by atoms with Crippen molar-refractivity contribution in [3.8, 4) is 11.3 Å². The van der Waals surface area contributed by atoms with Crippen LogP contribution in [0, 0.1) is 17.0 Å². The van der Waals surface area contributed by atoms with Gasteiger partial charge in [-0.3, -0.25) is 10.1 Å². The topological polar surface area (TPSA) is 56.0 Å². The van der Waals surface area contributed by atoms with Gasteiger partial charge in [0.2, 0.25) is 0 Å². The normalized spacial score (nSPS) is 10.4. The van der Waals surface area contributed by atoms with Crippen LogP contribution in [0.2, 0.25) is 0 Å². The Morgan fingerprint density at radius 1 is 1.38 bits per heavy atom. The third-order valence-electron chi connectivity index (χ3n) is 2.04. The van der Waals surface area contributed by atoms with E-state index in [1.54, 1.807) is 23.5 Å². The second-order valence-electron chi connectivity index (χ2n) is 3.16. The maximum Gasteiger partial charge on any atom is 0.269 e. The van der Waals surface area contributed by atoms with Crippen LogP contribution in [0.25, 0.3) is 11.3 Å². The lowest BCUT2D eigenvalue weighted by atomic mass is 10.1. The Morgan fingerprint density at radius 3 is 2.44 bits per heavy atom. The minimum atomic E-state index is -0.412. The van der Waals surface area contributed by atoms with Gasteiger partial charge in [0, 0.05) is 17.7 Å². The number of hydrogen-bond donors (Lipinski definition) is 0. The molecule has 2 rings (SSSR count). The van der Waals surface area contributed by atoms with Gasteiger partial charge < -0.3 is 0 Å². The summed E-state index contributed by atoms with van der Waals surface area (Å²) in [5, 5.41) is 11.5. The number of thiazole rings is 1. The summed E-state index contributed by atoms with van der Waals surface area (Å²) in [5.74, 6) is 0. The first-order chi connectivity index (χ1) is 7.58. The van der Waals surface area contributed by atoms with Crippen molar-refractivity contribution >= 4 is 33.0 Å². The fraction of sp³-hybridized carbons (Fsp3) is 0.100. The lowest BCUT2D eigenvalue weighted by Gasteiger charge is -1.97. The Labute approximate surface area is 104 Å². The maximum atomic E-state index is 10.5. The van der Waals surface area contributed by atoms with Gasteiger partial charge in [0.05, 0.1) is 19.4 Å². The Kier molecular flexibility index (Phi) is 3.02. The van der Waals surface area contributed by atoms with Gasteiger partial charge >= 0.3 is 0 Å². The molecule has 0 unspecified atom stereocenters. The Morgan fingerprint density at radius 2 is 2.00 bits per heavy atom. The summed E-state index contributed by atoms with van der Waals surface area (Å²) in [6.45, 7) is 1.92. The molecule has 1 heterocycles. The van der Waals surface area contributed by atoms with Crippen LogP contribution in [0.5, 0.6) is 0 Å². The quantitative estimate of drug-likeness (QED) is 0.626. The number of nitro groups is 1. The lowest BCUT2D eigenvalue weighted by Crippen LogP contribution is -1.87. The monoisotopic (exact) mass is 298 g/mol. The minimum Gasteiger partial charge on any atom is -0.258 e. The maximum absolute atomic E-state index is 10.5. The van der Waals surface area contributed by atoms with Crippen LogP contribution in [-0.2, 0) is 0 Å². The largest absolute Gasteiger partial charge is 0.269 e. The second kappa shape index (κ2) is 4.31. The average Bonchev–Trinajstić information content (AvgIpc) is 2.58. The molecule has 0 aliphatic heterocycles. The zero-order valence-corrected chi connectivity index (χ0v) is 10.7. The van der Waals surface area contributed by atoms with Crippen molar-refractivity contribution < 1.29 is 4.92 Å². The summed E-state index contributed by atoms with van der Waals surface area (Å²) in [7, 11) is 0. The van der Waals surface area contributed by atoms with Gasteiger partial charge in [-0.2, -0.15) is 0 Å². The molecule has 0 radical (unpaired) electrons. The van der Waals surface area contributed by atoms with Crippen molar-refractivity contribution in [3.05, 3.63) is 43.2 Å². The highest BCUT2D eigenvalue weighted by Crippen LogP contribution is 2.33. The number of halogens is 1. The van der Waals surface area contributed by atoms with Crippen LogP contribution >= 0.6 is 27.3 Å². The molecule has 1 aromatic heterocycles. The molecule has 1 aromatic carbocycles. The minimum absolute atomic E-state index is 0.0897. The molecule has 0 bridgehead atoms. The standard InChI is InChI=1S/C10H7BrN2O2S/c1-6-12-9(10(11)16-6)7-2-4-8(5-3-7)13(14)15/h2-5H,1H3. The van der Waals surface area contributed by atoms with Crippen molar-refractivity contribution in [2.24, 2.45) is 0 Å². The van der Waals surface area contributed by atoms with Gasteiger partial charge in [-0.1, -0.05) is 0 Å². The zero-order chi connectivity index (χ0) is 11.7. The first-order valence-corrected chi connectivity index (χ1v) is 6.06. The van der Waals surface area contributed by atoms with E-state index in [4.69, 9.17) is 0 Å². The summed E-state index contributed by atoms with van der Waals surface area (Å²) < 4.78 is 0.943. The first kappa shape index (κ1) is 11.2. The molecular weight excluding hydrogens is 292 g/mol. The zero-order valence-electron chi connectivity index (χ0n) is 8.31. The van der Waals surface area contributed by atoms with Crippen LogP contribution in [0.1, 0.15) is 5.01 Å². The fourth-order valence-corrected chi connectivity index (χ4v) is 3.00. The summed E-state index contributed by atoms with van der Waals surface area (Å²) in [5.41, 5.74) is 1.80. The Hall–Kier alpha value is -1.27. The number of nitro benzene ring substituents is 1. The summed E-state index contributed by atoms with van der Waals surface area (Å²) in [6.07, 6.45) is 0. The number of benzene rings is 1. The van der Waals surface area contributed by atoms with Crippen molar-refractivity contribution in [3.63, 3.8) is 0 Å². The molecule has 6 heteroatoms. The van der Waals surface area contributed by atoms with Crippen molar-refractivity contribution in [1.82, 2.24) is 4.98 Å². The molecule has 0 spiro atoms. The van der Waals surface area contributed by atoms with E-state index < -0.39 is 4.92 Å². The lowest BCUT2D eigenvalue weighted by molar-refractivity contribution is -0.384. The van der Waals surface area contributed by atoms with Crippen LogP contribution in [0.4, 0.5) is 5.69 Å². The number of nitrogens with zero attached hydrogens (tertiary/aromatic N) is 2. The van der Waals surface area contributed by atoms with Gasteiger partial charge in [0.25, 0.3) is 5.69 Å². The molecule has 4 nitrogen and oxygen atoms in total. The van der Waals surface area contributed by atoms with Gasteiger partial charge in [0.1, 0.15) is 0 Å². The van der Waals surface area contributed by atoms with Gasteiger partial charge in [0.15, 0.2) is 0 Å². The molecule has 82 valence electrons. The second-order valence-corrected chi connectivity index (χ2v) is 5.68. The first-order valence-electron chi connectivity index (χ1n) is 4.45. The van der Waals surface area contributed by atoms with E-state index in [2.05, 4.69) is 20.9 Å². The van der Waals surface area contributed by atoms with E-state index in [0.717, 1.165) is 20.1 Å². The Bertz CT molecular complexity index is 536. The highest BCUT2D eigenvalue weighted by molar-refractivity contribution is 9.11. The molecule has 16 heavy (non-hydrogen) atoms. The average molecular weight is 299 g/mol. The van der Waals surface area contributed by atoms with Crippen LogP contribution in [0.15, 0.2) is 28.1 Å². The number of hydrogen-bond acceptors (Lipinski definition) is 4. The van der Waals surface area contributed by atoms with Crippen LogP contribution < -0.4 is 0 Å². The molecule has 0 aliphatic carbocycles. The molecule has 0 atom stereocenters. The third kappa shape index (κ3) is 2.12. The van der Waals surface area contributed by atoms with Crippen LogP contribution in [-0.4, -0.2) is 9.91 Å². The van der Waals surface area contributed by atoms with E-state index in [-0.39, 0.29) is 5.69 Å². The van der Waals surface area contributed by atoms with Gasteiger partial charge in [-0.15, -0.1) is 11.3 Å². The predicted molar refractivity (Wildman–Crippen MR) is 66.6 cm³/mol. The number of rotatable bonds is 2.